The summed E-state index contributed by atoms with van der Waals surface area (Å²) in [6, 6.07) is 7.35. The average Bonchev–Trinajstić information content (AvgIpc) is 2.74. The number of rotatable bonds is 5. The molecule has 0 saturated heterocycles. The summed E-state index contributed by atoms with van der Waals surface area (Å²) in [5, 5.41) is 0. The first-order valence-electron chi connectivity index (χ1n) is 11.8. The van der Waals surface area contributed by atoms with Crippen LogP contribution in [-0.4, -0.2) is 6.61 Å². The van der Waals surface area contributed by atoms with Crippen LogP contribution in [0.3, 0.4) is 0 Å². The monoisotopic (exact) mass is 402 g/mol. The minimum atomic E-state index is -2.75. The van der Waals surface area contributed by atoms with Crippen LogP contribution in [0.5, 0.6) is 5.75 Å². The SMILES string of the molecule is C/C=C/C1CCC2CC(C3CCC(c4ccc(OC(F)F)cc4)CC3)CCC2C1. The van der Waals surface area contributed by atoms with Crippen LogP contribution >= 0.6 is 0 Å². The quantitative estimate of drug-likeness (QED) is 0.454. The van der Waals surface area contributed by atoms with Gasteiger partial charge in [0.2, 0.25) is 0 Å². The van der Waals surface area contributed by atoms with Crippen molar-refractivity contribution in [3.8, 4) is 5.75 Å². The molecule has 0 aliphatic heterocycles. The van der Waals surface area contributed by atoms with E-state index in [2.05, 4.69) is 23.8 Å². The molecule has 3 aliphatic rings. The minimum absolute atomic E-state index is 0.262. The molecule has 3 heteroatoms. The van der Waals surface area contributed by atoms with Crippen LogP contribution in [0.25, 0.3) is 0 Å². The number of alkyl halides is 2. The van der Waals surface area contributed by atoms with Crippen molar-refractivity contribution in [3.63, 3.8) is 0 Å². The Labute approximate surface area is 174 Å². The fraction of sp³-hybridized carbons (Fsp3) is 0.692. The second-order valence-corrected chi connectivity index (χ2v) is 9.75. The first kappa shape index (κ1) is 20.9. The third kappa shape index (κ3) is 5.22. The van der Waals surface area contributed by atoms with Crippen molar-refractivity contribution in [1.29, 1.82) is 0 Å². The van der Waals surface area contributed by atoms with Gasteiger partial charge in [0.1, 0.15) is 5.75 Å². The molecule has 3 saturated carbocycles. The molecule has 1 aromatic rings. The molecule has 1 aromatic carbocycles. The number of ether oxygens (including phenoxy) is 1. The Hall–Kier alpha value is -1.38. The van der Waals surface area contributed by atoms with Crippen LogP contribution < -0.4 is 4.74 Å². The smallest absolute Gasteiger partial charge is 0.387 e. The lowest BCUT2D eigenvalue weighted by molar-refractivity contribution is -0.0498. The van der Waals surface area contributed by atoms with Crippen molar-refractivity contribution >= 4 is 0 Å². The molecule has 160 valence electrons. The summed E-state index contributed by atoms with van der Waals surface area (Å²) < 4.78 is 29.1. The van der Waals surface area contributed by atoms with Crippen LogP contribution in [0.2, 0.25) is 0 Å². The molecule has 4 unspecified atom stereocenters. The van der Waals surface area contributed by atoms with Gasteiger partial charge >= 0.3 is 6.61 Å². The Bertz CT molecular complexity index is 660. The van der Waals surface area contributed by atoms with Crippen molar-refractivity contribution < 1.29 is 13.5 Å². The molecule has 29 heavy (non-hydrogen) atoms. The van der Waals surface area contributed by atoms with Crippen molar-refractivity contribution in [2.75, 3.05) is 0 Å². The van der Waals surface area contributed by atoms with Gasteiger partial charge in [0, 0.05) is 0 Å². The Morgan fingerprint density at radius 3 is 2.03 bits per heavy atom. The van der Waals surface area contributed by atoms with Crippen molar-refractivity contribution in [2.45, 2.75) is 83.7 Å². The van der Waals surface area contributed by atoms with Gasteiger partial charge in [-0.3, -0.25) is 0 Å². The lowest BCUT2D eigenvalue weighted by Gasteiger charge is -2.45. The highest BCUT2D eigenvalue weighted by Gasteiger charge is 2.38. The first-order chi connectivity index (χ1) is 14.1. The zero-order chi connectivity index (χ0) is 20.2. The molecule has 0 amide bonds. The topological polar surface area (TPSA) is 9.23 Å². The molecule has 0 heterocycles. The second-order valence-electron chi connectivity index (χ2n) is 9.75. The normalized spacial score (nSPS) is 35.6. The van der Waals surface area contributed by atoms with E-state index in [-0.39, 0.29) is 5.75 Å². The van der Waals surface area contributed by atoms with E-state index < -0.39 is 6.61 Å². The van der Waals surface area contributed by atoms with Crippen LogP contribution in [0, 0.1) is 29.6 Å². The first-order valence-corrected chi connectivity index (χ1v) is 11.8. The van der Waals surface area contributed by atoms with Gasteiger partial charge in [-0.2, -0.15) is 8.78 Å². The second kappa shape index (κ2) is 9.62. The molecule has 0 radical (unpaired) electrons. The van der Waals surface area contributed by atoms with Gasteiger partial charge in [0.25, 0.3) is 0 Å². The summed E-state index contributed by atoms with van der Waals surface area (Å²) in [5.74, 6) is 5.49. The molecule has 0 aromatic heterocycles. The largest absolute Gasteiger partial charge is 0.435 e. The summed E-state index contributed by atoms with van der Waals surface area (Å²) in [6.07, 6.45) is 18.5. The van der Waals surface area contributed by atoms with Gasteiger partial charge in [-0.1, -0.05) is 24.3 Å². The van der Waals surface area contributed by atoms with Crippen LogP contribution in [0.15, 0.2) is 36.4 Å². The number of benzene rings is 1. The van der Waals surface area contributed by atoms with Crippen molar-refractivity contribution in [2.24, 2.45) is 29.6 Å². The zero-order valence-corrected chi connectivity index (χ0v) is 17.7. The average molecular weight is 403 g/mol. The van der Waals surface area contributed by atoms with E-state index in [1.807, 2.05) is 12.1 Å². The predicted molar refractivity (Wildman–Crippen MR) is 114 cm³/mol. The number of hydrogen-bond acceptors (Lipinski definition) is 1. The standard InChI is InChI=1S/C26H36F2O/c1-2-3-18-4-5-24-17-23(11-10-22(24)16-18)21-8-6-19(7-9-21)20-12-14-25(15-13-20)29-26(27)28/h2-3,12-15,18-19,21-24,26H,4-11,16-17H2,1H3/b3-2+. The van der Waals surface area contributed by atoms with Crippen molar-refractivity contribution in [1.82, 2.24) is 0 Å². The molecule has 3 fully saturated rings. The predicted octanol–water partition coefficient (Wildman–Crippen LogP) is 7.97. The Kier molecular flexibility index (Phi) is 6.92. The van der Waals surface area contributed by atoms with Gasteiger partial charge in [-0.15, -0.1) is 0 Å². The minimum Gasteiger partial charge on any atom is -0.435 e. The maximum Gasteiger partial charge on any atom is 0.387 e. The summed E-state index contributed by atoms with van der Waals surface area (Å²) in [7, 11) is 0. The maximum atomic E-state index is 12.3. The van der Waals surface area contributed by atoms with E-state index in [0.29, 0.717) is 5.92 Å². The molecule has 3 aliphatic carbocycles. The van der Waals surface area contributed by atoms with E-state index in [1.165, 1.54) is 69.8 Å². The zero-order valence-electron chi connectivity index (χ0n) is 17.7. The van der Waals surface area contributed by atoms with E-state index in [4.69, 9.17) is 0 Å². The van der Waals surface area contributed by atoms with E-state index in [0.717, 1.165) is 29.6 Å². The Morgan fingerprint density at radius 2 is 1.38 bits per heavy atom. The highest BCUT2D eigenvalue weighted by Crippen LogP contribution is 2.50. The van der Waals surface area contributed by atoms with Gasteiger partial charge < -0.3 is 4.74 Å². The Balaban J connectivity index is 1.26. The number of halogens is 2. The number of hydrogen-bond donors (Lipinski definition) is 0. The van der Waals surface area contributed by atoms with Crippen LogP contribution in [0.4, 0.5) is 8.78 Å². The van der Waals surface area contributed by atoms with Gasteiger partial charge in [-0.25, -0.2) is 0 Å². The van der Waals surface area contributed by atoms with E-state index in [1.54, 1.807) is 12.1 Å². The summed E-state index contributed by atoms with van der Waals surface area (Å²) in [5.41, 5.74) is 1.29. The highest BCUT2D eigenvalue weighted by atomic mass is 19.3. The number of allylic oxidation sites excluding steroid dienone is 2. The summed E-state index contributed by atoms with van der Waals surface area (Å²) in [4.78, 5) is 0. The third-order valence-electron chi connectivity index (χ3n) is 8.17. The summed E-state index contributed by atoms with van der Waals surface area (Å²) in [6.45, 7) is -0.588. The molecular formula is C26H36F2O. The van der Waals surface area contributed by atoms with Crippen LogP contribution in [0.1, 0.15) is 82.6 Å². The lowest BCUT2D eigenvalue weighted by Crippen LogP contribution is -2.34. The highest BCUT2D eigenvalue weighted by molar-refractivity contribution is 5.29. The molecule has 4 atom stereocenters. The number of fused-ring (bicyclic) bond motifs is 1. The third-order valence-corrected chi connectivity index (χ3v) is 8.17. The molecule has 0 bridgehead atoms. The lowest BCUT2D eigenvalue weighted by atomic mass is 9.61. The molecule has 4 rings (SSSR count). The molecule has 0 spiro atoms. The molecular weight excluding hydrogens is 366 g/mol. The summed E-state index contributed by atoms with van der Waals surface area (Å²) >= 11 is 0. The fourth-order valence-electron chi connectivity index (χ4n) is 6.68. The molecule has 1 nitrogen and oxygen atoms in total. The van der Waals surface area contributed by atoms with Gasteiger partial charge in [0.15, 0.2) is 0 Å². The van der Waals surface area contributed by atoms with Crippen LogP contribution in [-0.2, 0) is 0 Å². The molecule has 0 N–H and O–H groups in total. The van der Waals surface area contributed by atoms with E-state index in [9.17, 15) is 8.78 Å². The van der Waals surface area contributed by atoms with E-state index >= 15 is 0 Å². The van der Waals surface area contributed by atoms with Gasteiger partial charge in [0.05, 0.1) is 0 Å². The van der Waals surface area contributed by atoms with Gasteiger partial charge in [-0.05, 0) is 124 Å². The van der Waals surface area contributed by atoms with Crippen molar-refractivity contribution in [3.05, 3.63) is 42.0 Å². The Morgan fingerprint density at radius 1 is 0.793 bits per heavy atom. The fourth-order valence-corrected chi connectivity index (χ4v) is 6.68. The maximum absolute atomic E-state index is 12.3.